The number of nitrogens with zero attached hydrogens (tertiary/aromatic N) is 4. The molecular weight excluding hydrogens is 246 g/mol. The maximum absolute atomic E-state index is 11.1. The summed E-state index contributed by atoms with van der Waals surface area (Å²) in [6.07, 6.45) is 3.35. The van der Waals surface area contributed by atoms with Crippen molar-refractivity contribution in [2.75, 3.05) is 11.9 Å². The lowest BCUT2D eigenvalue weighted by atomic mass is 10.2. The zero-order chi connectivity index (χ0) is 13.8. The lowest BCUT2D eigenvalue weighted by molar-refractivity contribution is -0.384. The number of hydrogen-bond donors (Lipinski definition) is 1. The van der Waals surface area contributed by atoms with Crippen molar-refractivity contribution in [1.29, 1.82) is 0 Å². The van der Waals surface area contributed by atoms with E-state index in [1.165, 1.54) is 6.07 Å². The number of hydrogen-bond acceptors (Lipinski definition) is 5. The molecule has 0 aromatic carbocycles. The van der Waals surface area contributed by atoms with Gasteiger partial charge in [0, 0.05) is 30.9 Å². The first kappa shape index (κ1) is 13.0. The molecule has 100 valence electrons. The Morgan fingerprint density at radius 1 is 1.42 bits per heavy atom. The van der Waals surface area contributed by atoms with Crippen LogP contribution in [0.1, 0.15) is 13.8 Å². The first-order chi connectivity index (χ1) is 9.15. The Morgan fingerprint density at radius 2 is 2.21 bits per heavy atom. The monoisotopic (exact) mass is 261 g/mol. The molecule has 0 saturated heterocycles. The van der Waals surface area contributed by atoms with E-state index in [0.717, 1.165) is 0 Å². The largest absolute Gasteiger partial charge is 0.370 e. The van der Waals surface area contributed by atoms with Crippen molar-refractivity contribution in [1.82, 2.24) is 14.8 Å². The molecule has 0 unspecified atom stereocenters. The standard InChI is InChI=1S/C12H15N5O2/c1-3-13-11-6-5-10(17(18)19)12(15-11)9-7-14-16(4-2)8-9/h5-8H,3-4H2,1-2H3,(H,13,15). The molecule has 0 aliphatic rings. The highest BCUT2D eigenvalue weighted by molar-refractivity contribution is 5.70. The SMILES string of the molecule is CCNc1ccc([N+](=O)[O-])c(-c2cnn(CC)c2)n1. The molecule has 2 rings (SSSR count). The topological polar surface area (TPSA) is 85.9 Å². The number of anilines is 1. The van der Waals surface area contributed by atoms with Crippen molar-refractivity contribution >= 4 is 11.5 Å². The van der Waals surface area contributed by atoms with Crippen LogP contribution in [0.2, 0.25) is 0 Å². The van der Waals surface area contributed by atoms with Gasteiger partial charge in [0.25, 0.3) is 5.69 Å². The van der Waals surface area contributed by atoms with E-state index in [4.69, 9.17) is 0 Å². The van der Waals surface area contributed by atoms with Crippen LogP contribution in [0.25, 0.3) is 11.3 Å². The fraction of sp³-hybridized carbons (Fsp3) is 0.333. The minimum absolute atomic E-state index is 0.0164. The van der Waals surface area contributed by atoms with Gasteiger partial charge < -0.3 is 5.32 Å². The molecule has 0 aliphatic heterocycles. The van der Waals surface area contributed by atoms with Crippen LogP contribution in [0.15, 0.2) is 24.5 Å². The Labute approximate surface area is 110 Å². The minimum Gasteiger partial charge on any atom is -0.370 e. The van der Waals surface area contributed by atoms with Gasteiger partial charge in [-0.15, -0.1) is 0 Å². The first-order valence-electron chi connectivity index (χ1n) is 6.07. The van der Waals surface area contributed by atoms with Crippen LogP contribution in [0, 0.1) is 10.1 Å². The van der Waals surface area contributed by atoms with E-state index in [9.17, 15) is 10.1 Å². The predicted molar refractivity (Wildman–Crippen MR) is 72.0 cm³/mol. The zero-order valence-electron chi connectivity index (χ0n) is 10.8. The molecule has 0 fully saturated rings. The summed E-state index contributed by atoms with van der Waals surface area (Å²) >= 11 is 0. The highest BCUT2D eigenvalue weighted by Gasteiger charge is 2.18. The second-order valence-corrected chi connectivity index (χ2v) is 3.94. The van der Waals surface area contributed by atoms with Gasteiger partial charge >= 0.3 is 0 Å². The number of aromatic nitrogens is 3. The number of pyridine rings is 1. The summed E-state index contributed by atoms with van der Waals surface area (Å²) in [5.41, 5.74) is 0.966. The Morgan fingerprint density at radius 3 is 2.79 bits per heavy atom. The molecule has 0 atom stereocenters. The van der Waals surface area contributed by atoms with Crippen molar-refractivity contribution in [2.24, 2.45) is 0 Å². The van der Waals surface area contributed by atoms with Gasteiger partial charge in [0.1, 0.15) is 5.82 Å². The van der Waals surface area contributed by atoms with Gasteiger partial charge in [-0.2, -0.15) is 5.10 Å². The summed E-state index contributed by atoms with van der Waals surface area (Å²) in [6.45, 7) is 5.31. The molecule has 0 radical (unpaired) electrons. The van der Waals surface area contributed by atoms with Crippen molar-refractivity contribution < 1.29 is 4.92 Å². The van der Waals surface area contributed by atoms with Crippen LogP contribution in [-0.4, -0.2) is 26.2 Å². The van der Waals surface area contributed by atoms with Gasteiger partial charge in [0.2, 0.25) is 0 Å². The van der Waals surface area contributed by atoms with E-state index in [2.05, 4.69) is 15.4 Å². The second-order valence-electron chi connectivity index (χ2n) is 3.94. The Hall–Kier alpha value is -2.44. The van der Waals surface area contributed by atoms with Gasteiger partial charge in [-0.05, 0) is 19.9 Å². The average molecular weight is 261 g/mol. The number of nitro groups is 1. The molecule has 2 heterocycles. The van der Waals surface area contributed by atoms with Crippen LogP contribution in [0.4, 0.5) is 11.5 Å². The lowest BCUT2D eigenvalue weighted by Crippen LogP contribution is -2.02. The summed E-state index contributed by atoms with van der Waals surface area (Å²) in [5, 5.41) is 18.2. The van der Waals surface area contributed by atoms with Crippen molar-refractivity contribution in [3.63, 3.8) is 0 Å². The van der Waals surface area contributed by atoms with Crippen LogP contribution in [0.5, 0.6) is 0 Å². The Bertz CT molecular complexity index is 594. The smallest absolute Gasteiger partial charge is 0.295 e. The Balaban J connectivity index is 2.50. The maximum atomic E-state index is 11.1. The molecule has 2 aromatic heterocycles. The third-order valence-corrected chi connectivity index (χ3v) is 2.66. The third kappa shape index (κ3) is 2.70. The highest BCUT2D eigenvalue weighted by Crippen LogP contribution is 2.28. The van der Waals surface area contributed by atoms with Crippen LogP contribution >= 0.6 is 0 Å². The zero-order valence-corrected chi connectivity index (χ0v) is 10.8. The minimum atomic E-state index is -0.429. The Kier molecular flexibility index (Phi) is 3.74. The summed E-state index contributed by atoms with van der Waals surface area (Å²) in [4.78, 5) is 14.9. The third-order valence-electron chi connectivity index (χ3n) is 2.66. The van der Waals surface area contributed by atoms with Gasteiger partial charge in [-0.3, -0.25) is 14.8 Å². The van der Waals surface area contributed by atoms with Crippen LogP contribution in [-0.2, 0) is 6.54 Å². The fourth-order valence-corrected chi connectivity index (χ4v) is 1.75. The maximum Gasteiger partial charge on any atom is 0.295 e. The molecule has 7 nitrogen and oxygen atoms in total. The second kappa shape index (κ2) is 5.47. The molecule has 2 aromatic rings. The quantitative estimate of drug-likeness (QED) is 0.659. The van der Waals surface area contributed by atoms with Gasteiger partial charge in [0.15, 0.2) is 5.69 Å². The van der Waals surface area contributed by atoms with Crippen molar-refractivity contribution in [3.05, 3.63) is 34.6 Å². The molecule has 0 amide bonds. The molecule has 19 heavy (non-hydrogen) atoms. The highest BCUT2D eigenvalue weighted by atomic mass is 16.6. The summed E-state index contributed by atoms with van der Waals surface area (Å²) < 4.78 is 1.71. The van der Waals surface area contributed by atoms with E-state index in [1.807, 2.05) is 13.8 Å². The normalized spacial score (nSPS) is 10.4. The number of rotatable bonds is 5. The van der Waals surface area contributed by atoms with Crippen LogP contribution in [0.3, 0.4) is 0 Å². The van der Waals surface area contributed by atoms with Gasteiger partial charge in [-0.1, -0.05) is 0 Å². The molecule has 0 saturated carbocycles. The van der Waals surface area contributed by atoms with E-state index in [0.29, 0.717) is 30.2 Å². The molecular formula is C12H15N5O2. The summed E-state index contributed by atoms with van der Waals surface area (Å²) in [7, 11) is 0. The first-order valence-corrected chi connectivity index (χ1v) is 6.07. The van der Waals surface area contributed by atoms with Crippen LogP contribution < -0.4 is 5.32 Å². The van der Waals surface area contributed by atoms with Crippen molar-refractivity contribution in [3.8, 4) is 11.3 Å². The van der Waals surface area contributed by atoms with Gasteiger partial charge in [-0.25, -0.2) is 4.98 Å². The molecule has 0 spiro atoms. The van der Waals surface area contributed by atoms with E-state index in [1.54, 1.807) is 23.1 Å². The fourth-order valence-electron chi connectivity index (χ4n) is 1.75. The predicted octanol–water partition coefficient (Wildman–Crippen LogP) is 2.30. The average Bonchev–Trinajstić information content (AvgIpc) is 2.87. The van der Waals surface area contributed by atoms with Gasteiger partial charge in [0.05, 0.1) is 11.1 Å². The number of aryl methyl sites for hydroxylation is 1. The lowest BCUT2D eigenvalue weighted by Gasteiger charge is -2.05. The summed E-state index contributed by atoms with van der Waals surface area (Å²) in [6, 6.07) is 3.07. The molecule has 1 N–H and O–H groups in total. The molecule has 0 aliphatic carbocycles. The summed E-state index contributed by atoms with van der Waals surface area (Å²) in [5.74, 6) is 0.618. The molecule has 7 heteroatoms. The van der Waals surface area contributed by atoms with Crippen molar-refractivity contribution in [2.45, 2.75) is 20.4 Å². The number of nitrogens with one attached hydrogen (secondary N) is 1. The van der Waals surface area contributed by atoms with E-state index < -0.39 is 4.92 Å². The molecule has 0 bridgehead atoms. The van der Waals surface area contributed by atoms with E-state index >= 15 is 0 Å². The van der Waals surface area contributed by atoms with E-state index in [-0.39, 0.29) is 5.69 Å².